The molecule has 0 aromatic rings. The van der Waals surface area contributed by atoms with E-state index in [-0.39, 0.29) is 28.7 Å². The van der Waals surface area contributed by atoms with Crippen LogP contribution in [0, 0.1) is 0 Å². The summed E-state index contributed by atoms with van der Waals surface area (Å²) in [4.78, 5) is 0. The zero-order chi connectivity index (χ0) is 2.00. The minimum atomic E-state index is 0. The molecule has 0 spiro atoms. The first-order valence-corrected chi connectivity index (χ1v) is 0.753. The monoisotopic (exact) mass is 86.0 g/mol. The number of rotatable bonds is 0. The second-order valence-corrected chi connectivity index (χ2v) is 0. The van der Waals surface area contributed by atoms with Crippen molar-refractivity contribution in [3.05, 3.63) is 0 Å². The van der Waals surface area contributed by atoms with E-state index in [0.717, 1.165) is 17.4 Å². The fraction of sp³-hybridized carbons (Fsp3) is 0. The Bertz CT molecular complexity index is 11.6. The summed E-state index contributed by atoms with van der Waals surface area (Å²) >= 11 is 1.06. The molecular formula is HBLiOV. The Kier molecular flexibility index (Phi) is 169. The van der Waals surface area contributed by atoms with Gasteiger partial charge in [-0.3, -0.25) is 0 Å². The van der Waals surface area contributed by atoms with Gasteiger partial charge >= 0.3 is 39.9 Å². The second kappa shape index (κ2) is 34.3. The summed E-state index contributed by atoms with van der Waals surface area (Å²) in [6.07, 6.45) is 0. The van der Waals surface area contributed by atoms with Crippen LogP contribution >= 0.6 is 0 Å². The van der Waals surface area contributed by atoms with Gasteiger partial charge < -0.3 is 1.43 Å². The average Bonchev–Trinajstić information content (AvgIpc) is 1.00. The fourth-order valence-electron chi connectivity index (χ4n) is 0. The van der Waals surface area contributed by atoms with Crippen molar-refractivity contribution >= 4 is 8.41 Å². The molecule has 16 valence electrons. The quantitative estimate of drug-likeness (QED) is 0.281. The fourth-order valence-corrected chi connectivity index (χ4v) is 0. The number of hydrogen-bond donors (Lipinski definition) is 0. The summed E-state index contributed by atoms with van der Waals surface area (Å²) < 4.78 is 8.19. The molecule has 0 atom stereocenters. The third-order valence-corrected chi connectivity index (χ3v) is 0. The third-order valence-electron chi connectivity index (χ3n) is 0. The molecule has 0 aliphatic rings. The SMILES string of the molecule is [B].[H-].[Li+].[O]=[V]. The second-order valence-electron chi connectivity index (χ2n) is 0. The first-order chi connectivity index (χ1) is 1.00. The van der Waals surface area contributed by atoms with Crippen molar-refractivity contribution in [3.63, 3.8) is 0 Å². The van der Waals surface area contributed by atoms with E-state index in [0.29, 0.717) is 0 Å². The summed E-state index contributed by atoms with van der Waals surface area (Å²) in [6, 6.07) is 0. The van der Waals surface area contributed by atoms with Crippen molar-refractivity contribution < 1.29 is 41.3 Å². The van der Waals surface area contributed by atoms with Crippen molar-refractivity contribution in [1.82, 2.24) is 0 Å². The molecule has 0 bridgehead atoms. The van der Waals surface area contributed by atoms with Crippen LogP contribution in [-0.4, -0.2) is 8.41 Å². The molecule has 4 heavy (non-hydrogen) atoms. The molecule has 0 aliphatic heterocycles. The molecule has 1 nitrogen and oxygen atoms in total. The van der Waals surface area contributed by atoms with Gasteiger partial charge in [0.15, 0.2) is 0 Å². The zero-order valence-electron chi connectivity index (χ0n) is 3.43. The predicted molar refractivity (Wildman–Crippen MR) is 7.55 cm³/mol. The van der Waals surface area contributed by atoms with Crippen LogP contribution in [0.3, 0.4) is 0 Å². The van der Waals surface area contributed by atoms with Gasteiger partial charge in [-0.05, 0) is 0 Å². The van der Waals surface area contributed by atoms with Crippen LogP contribution in [0.2, 0.25) is 0 Å². The Labute approximate surface area is 50.0 Å². The topological polar surface area (TPSA) is 17.1 Å². The van der Waals surface area contributed by atoms with Crippen molar-refractivity contribution in [3.8, 4) is 0 Å². The molecule has 0 aliphatic carbocycles. The summed E-state index contributed by atoms with van der Waals surface area (Å²) in [7, 11) is 0. The average molecular weight is 85.7 g/mol. The predicted octanol–water partition coefficient (Wildman–Crippen LogP) is -3.39. The zero-order valence-corrected chi connectivity index (χ0v) is 3.83. The first kappa shape index (κ1) is 19.7. The molecule has 4 heteroatoms. The van der Waals surface area contributed by atoms with Gasteiger partial charge in [-0.15, -0.1) is 0 Å². The Morgan fingerprint density at radius 2 is 1.50 bits per heavy atom. The van der Waals surface area contributed by atoms with E-state index >= 15 is 0 Å². The van der Waals surface area contributed by atoms with Crippen LogP contribution in [0.15, 0.2) is 0 Å². The van der Waals surface area contributed by atoms with Gasteiger partial charge in [-0.2, -0.15) is 0 Å². The molecule has 0 aromatic carbocycles. The molecule has 0 heterocycles. The van der Waals surface area contributed by atoms with Gasteiger partial charge in [0.2, 0.25) is 0 Å². The van der Waals surface area contributed by atoms with Crippen LogP contribution in [-0.2, 0) is 21.0 Å². The molecule has 0 saturated carbocycles. The van der Waals surface area contributed by atoms with E-state index < -0.39 is 0 Å². The maximum absolute atomic E-state index is 8.19. The van der Waals surface area contributed by atoms with Gasteiger partial charge in [0, 0.05) is 8.41 Å². The standard InChI is InChI=1S/B.Li.O.V.H/q;+1;;;-1. The first-order valence-electron chi connectivity index (χ1n) is 0.183. The van der Waals surface area contributed by atoms with Crippen LogP contribution in [0.25, 0.3) is 0 Å². The minimum absolute atomic E-state index is 0. The van der Waals surface area contributed by atoms with Gasteiger partial charge in [0.05, 0.1) is 0 Å². The third kappa shape index (κ3) is 11.6. The van der Waals surface area contributed by atoms with Gasteiger partial charge in [-0.1, -0.05) is 0 Å². The van der Waals surface area contributed by atoms with Gasteiger partial charge in [0.25, 0.3) is 0 Å². The van der Waals surface area contributed by atoms with Crippen molar-refractivity contribution in [2.45, 2.75) is 0 Å². The van der Waals surface area contributed by atoms with Gasteiger partial charge in [0.1, 0.15) is 0 Å². The Hall–Kier alpha value is 1.05. The van der Waals surface area contributed by atoms with Crippen molar-refractivity contribution in [2.24, 2.45) is 0 Å². The molecule has 3 radical (unpaired) electrons. The Morgan fingerprint density at radius 1 is 1.50 bits per heavy atom. The van der Waals surface area contributed by atoms with E-state index in [1.807, 2.05) is 0 Å². The van der Waals surface area contributed by atoms with E-state index in [9.17, 15) is 0 Å². The molecule has 0 saturated heterocycles. The van der Waals surface area contributed by atoms with Crippen LogP contribution in [0.5, 0.6) is 0 Å². The normalized spacial score (nSPS) is 0.750. The maximum atomic E-state index is 8.19. The van der Waals surface area contributed by atoms with E-state index in [4.69, 9.17) is 3.67 Å². The molecule has 0 N–H and O–H groups in total. The van der Waals surface area contributed by atoms with E-state index in [2.05, 4.69) is 0 Å². The van der Waals surface area contributed by atoms with Crippen LogP contribution in [0.4, 0.5) is 0 Å². The number of hydrogen-bond acceptors (Lipinski definition) is 1. The molecular weight excluding hydrogens is 84.7 g/mol. The summed E-state index contributed by atoms with van der Waals surface area (Å²) in [5, 5.41) is 0. The van der Waals surface area contributed by atoms with Crippen molar-refractivity contribution in [1.29, 1.82) is 0 Å². The van der Waals surface area contributed by atoms with Gasteiger partial charge in [-0.25, -0.2) is 0 Å². The van der Waals surface area contributed by atoms with Crippen LogP contribution < -0.4 is 18.9 Å². The summed E-state index contributed by atoms with van der Waals surface area (Å²) in [5.41, 5.74) is 0. The van der Waals surface area contributed by atoms with E-state index in [1.165, 1.54) is 0 Å². The molecule has 0 unspecified atom stereocenters. The summed E-state index contributed by atoms with van der Waals surface area (Å²) in [5.74, 6) is 0. The molecule has 0 rings (SSSR count). The van der Waals surface area contributed by atoms with Crippen molar-refractivity contribution in [2.75, 3.05) is 0 Å². The molecule has 0 fully saturated rings. The Morgan fingerprint density at radius 3 is 1.50 bits per heavy atom. The van der Waals surface area contributed by atoms with E-state index in [1.54, 1.807) is 0 Å². The molecule has 0 aromatic heterocycles. The summed E-state index contributed by atoms with van der Waals surface area (Å²) in [6.45, 7) is 0. The Balaban J connectivity index is -0.00000000167. The molecule has 0 amide bonds. The van der Waals surface area contributed by atoms with Crippen LogP contribution in [0.1, 0.15) is 1.43 Å².